The first kappa shape index (κ1) is 18.3. The van der Waals surface area contributed by atoms with Gasteiger partial charge >= 0.3 is 5.97 Å². The number of aromatic nitrogens is 1. The zero-order valence-electron chi connectivity index (χ0n) is 15.3. The molecule has 0 radical (unpaired) electrons. The molecule has 0 atom stereocenters. The summed E-state index contributed by atoms with van der Waals surface area (Å²) >= 11 is 0. The van der Waals surface area contributed by atoms with Crippen LogP contribution in [0.4, 0.5) is 0 Å². The number of hydrogen-bond acceptors (Lipinski definition) is 5. The van der Waals surface area contributed by atoms with Gasteiger partial charge in [-0.2, -0.15) is 0 Å². The molecule has 1 fully saturated rings. The molecule has 1 aromatic heterocycles. The van der Waals surface area contributed by atoms with Crippen LogP contribution in [0.5, 0.6) is 5.75 Å². The summed E-state index contributed by atoms with van der Waals surface area (Å²) in [6, 6.07) is 5.94. The quantitative estimate of drug-likeness (QED) is 0.757. The Hall–Kier alpha value is -2.54. The van der Waals surface area contributed by atoms with Crippen LogP contribution in [0.3, 0.4) is 0 Å². The van der Waals surface area contributed by atoms with Gasteiger partial charge in [0.2, 0.25) is 5.91 Å². The van der Waals surface area contributed by atoms with Gasteiger partial charge in [-0.3, -0.25) is 14.5 Å². The van der Waals surface area contributed by atoms with Gasteiger partial charge in [-0.05, 0) is 37.1 Å². The first-order chi connectivity index (χ1) is 12.6. The number of nitrogens with zero attached hydrogens (tertiary/aromatic N) is 2. The van der Waals surface area contributed by atoms with Gasteiger partial charge in [0.05, 0.1) is 26.8 Å². The summed E-state index contributed by atoms with van der Waals surface area (Å²) < 4.78 is 10.2. The number of carbonyl (C=O) groups excluding carboxylic acids is 2. The van der Waals surface area contributed by atoms with Crippen LogP contribution in [0.1, 0.15) is 12.5 Å². The Labute approximate surface area is 152 Å². The molecule has 1 aromatic carbocycles. The molecule has 140 valence electrons. The van der Waals surface area contributed by atoms with Gasteiger partial charge in [-0.15, -0.1) is 0 Å². The molecule has 7 nitrogen and oxygen atoms in total. The summed E-state index contributed by atoms with van der Waals surface area (Å²) in [7, 11) is 1.65. The van der Waals surface area contributed by atoms with E-state index in [1.165, 1.54) is 5.56 Å². The van der Waals surface area contributed by atoms with E-state index >= 15 is 0 Å². The van der Waals surface area contributed by atoms with Crippen molar-refractivity contribution < 1.29 is 19.1 Å². The highest BCUT2D eigenvalue weighted by Gasteiger charge is 2.25. The van der Waals surface area contributed by atoms with Crippen LogP contribution >= 0.6 is 0 Å². The molecule has 2 aromatic rings. The molecule has 7 heteroatoms. The molecular formula is C19H25N3O4. The predicted molar refractivity (Wildman–Crippen MR) is 98.2 cm³/mol. The van der Waals surface area contributed by atoms with Crippen LogP contribution in [0.2, 0.25) is 0 Å². The number of methoxy groups -OCH3 is 1. The lowest BCUT2D eigenvalue weighted by Gasteiger charge is -2.33. The summed E-state index contributed by atoms with van der Waals surface area (Å²) in [4.78, 5) is 30.9. The molecule has 1 aliphatic heterocycles. The van der Waals surface area contributed by atoms with E-state index in [1.54, 1.807) is 14.0 Å². The van der Waals surface area contributed by atoms with Gasteiger partial charge in [0.15, 0.2) is 0 Å². The Morgan fingerprint density at radius 1 is 1.31 bits per heavy atom. The standard InChI is InChI=1S/C19H25N3O4/c1-3-26-19(24)13-21-8-9-22(18(23)12-21)7-6-14-11-20-17-5-4-15(25-2)10-16(14)17/h4-5,10-11,20H,3,6-9,12-13H2,1-2H3. The lowest BCUT2D eigenvalue weighted by Crippen LogP contribution is -2.52. The van der Waals surface area contributed by atoms with Crippen LogP contribution in [0.25, 0.3) is 10.9 Å². The fourth-order valence-corrected chi connectivity index (χ4v) is 3.26. The highest BCUT2D eigenvalue weighted by molar-refractivity contribution is 5.85. The Kier molecular flexibility index (Phi) is 5.78. The van der Waals surface area contributed by atoms with Gasteiger partial charge in [0.25, 0.3) is 0 Å². The third-order valence-corrected chi connectivity index (χ3v) is 4.68. The summed E-state index contributed by atoms with van der Waals surface area (Å²) in [6.07, 6.45) is 2.77. The van der Waals surface area contributed by atoms with Crippen molar-refractivity contribution in [3.05, 3.63) is 30.0 Å². The van der Waals surface area contributed by atoms with Crippen molar-refractivity contribution in [2.24, 2.45) is 0 Å². The SMILES string of the molecule is CCOC(=O)CN1CCN(CCc2c[nH]c3ccc(OC)cc23)C(=O)C1. The molecule has 3 rings (SSSR count). The number of esters is 1. The van der Waals surface area contributed by atoms with Crippen molar-refractivity contribution >= 4 is 22.8 Å². The molecule has 1 aliphatic rings. The number of ether oxygens (including phenoxy) is 2. The Balaban J connectivity index is 1.56. The van der Waals surface area contributed by atoms with Gasteiger partial charge in [-0.1, -0.05) is 0 Å². The largest absolute Gasteiger partial charge is 0.497 e. The minimum absolute atomic E-state index is 0.0537. The maximum Gasteiger partial charge on any atom is 0.320 e. The maximum absolute atomic E-state index is 12.4. The van der Waals surface area contributed by atoms with Gasteiger partial charge < -0.3 is 19.4 Å². The number of piperazine rings is 1. The third kappa shape index (κ3) is 4.16. The highest BCUT2D eigenvalue weighted by Crippen LogP contribution is 2.24. The number of fused-ring (bicyclic) bond motifs is 1. The van der Waals surface area contributed by atoms with Crippen molar-refractivity contribution in [3.8, 4) is 5.75 Å². The van der Waals surface area contributed by atoms with Crippen molar-refractivity contribution in [2.45, 2.75) is 13.3 Å². The fraction of sp³-hybridized carbons (Fsp3) is 0.474. The molecule has 1 saturated heterocycles. The van der Waals surface area contributed by atoms with E-state index in [1.807, 2.05) is 34.2 Å². The molecule has 1 N–H and O–H groups in total. The summed E-state index contributed by atoms with van der Waals surface area (Å²) in [5, 5.41) is 1.12. The number of benzene rings is 1. The van der Waals surface area contributed by atoms with Crippen molar-refractivity contribution in [1.82, 2.24) is 14.8 Å². The summed E-state index contributed by atoms with van der Waals surface area (Å²) in [5.74, 6) is 0.599. The highest BCUT2D eigenvalue weighted by atomic mass is 16.5. The Morgan fingerprint density at radius 3 is 2.88 bits per heavy atom. The van der Waals surface area contributed by atoms with Gasteiger partial charge in [0, 0.05) is 36.7 Å². The smallest absolute Gasteiger partial charge is 0.320 e. The van der Waals surface area contributed by atoms with E-state index in [9.17, 15) is 9.59 Å². The minimum atomic E-state index is -0.276. The molecule has 0 bridgehead atoms. The molecule has 2 heterocycles. The summed E-state index contributed by atoms with van der Waals surface area (Å²) in [6.45, 7) is 4.56. The van der Waals surface area contributed by atoms with E-state index in [4.69, 9.17) is 9.47 Å². The maximum atomic E-state index is 12.4. The topological polar surface area (TPSA) is 74.9 Å². The summed E-state index contributed by atoms with van der Waals surface area (Å²) in [5.41, 5.74) is 2.23. The zero-order valence-corrected chi connectivity index (χ0v) is 15.3. The lowest BCUT2D eigenvalue weighted by molar-refractivity contribution is -0.146. The molecule has 0 spiro atoms. The predicted octanol–water partition coefficient (Wildman–Crippen LogP) is 1.43. The number of rotatable bonds is 7. The minimum Gasteiger partial charge on any atom is -0.497 e. The first-order valence-electron chi connectivity index (χ1n) is 8.90. The number of amides is 1. The van der Waals surface area contributed by atoms with Crippen molar-refractivity contribution in [1.29, 1.82) is 0 Å². The number of aromatic amines is 1. The monoisotopic (exact) mass is 359 g/mol. The Bertz CT molecular complexity index is 786. The second-order valence-electron chi connectivity index (χ2n) is 6.37. The molecule has 0 unspecified atom stereocenters. The van der Waals surface area contributed by atoms with Crippen LogP contribution in [-0.2, 0) is 20.7 Å². The van der Waals surface area contributed by atoms with E-state index < -0.39 is 0 Å². The Morgan fingerprint density at radius 2 is 2.15 bits per heavy atom. The van der Waals surface area contributed by atoms with Crippen LogP contribution in [0.15, 0.2) is 24.4 Å². The van der Waals surface area contributed by atoms with Gasteiger partial charge in [0.1, 0.15) is 5.75 Å². The van der Waals surface area contributed by atoms with E-state index in [0.717, 1.165) is 23.1 Å². The number of carbonyl (C=O) groups is 2. The molecule has 26 heavy (non-hydrogen) atoms. The average Bonchev–Trinajstić information content (AvgIpc) is 3.03. The van der Waals surface area contributed by atoms with E-state index in [-0.39, 0.29) is 25.0 Å². The second kappa shape index (κ2) is 8.23. The van der Waals surface area contributed by atoms with Crippen LogP contribution in [0, 0.1) is 0 Å². The van der Waals surface area contributed by atoms with Crippen LogP contribution < -0.4 is 4.74 Å². The van der Waals surface area contributed by atoms with Gasteiger partial charge in [-0.25, -0.2) is 0 Å². The van der Waals surface area contributed by atoms with Crippen molar-refractivity contribution in [2.75, 3.05) is 46.4 Å². The third-order valence-electron chi connectivity index (χ3n) is 4.68. The number of hydrogen-bond donors (Lipinski definition) is 1. The molecule has 0 saturated carbocycles. The van der Waals surface area contributed by atoms with Crippen molar-refractivity contribution in [3.63, 3.8) is 0 Å². The van der Waals surface area contributed by atoms with E-state index in [0.29, 0.717) is 26.2 Å². The average molecular weight is 359 g/mol. The first-order valence-corrected chi connectivity index (χ1v) is 8.90. The molecular weight excluding hydrogens is 334 g/mol. The second-order valence-corrected chi connectivity index (χ2v) is 6.37. The van der Waals surface area contributed by atoms with E-state index in [2.05, 4.69) is 4.98 Å². The number of nitrogens with one attached hydrogen (secondary N) is 1. The molecule has 1 amide bonds. The lowest BCUT2D eigenvalue weighted by atomic mass is 10.1. The van der Waals surface area contributed by atoms with Crippen LogP contribution in [-0.4, -0.2) is 73.1 Å². The number of H-pyrrole nitrogens is 1. The normalized spacial score (nSPS) is 15.5. The fourth-order valence-electron chi connectivity index (χ4n) is 3.26. The zero-order chi connectivity index (χ0) is 18.5. The molecule has 0 aliphatic carbocycles.